The molecule has 1 aliphatic carbocycles. The lowest BCUT2D eigenvalue weighted by Gasteiger charge is -2.41. The predicted molar refractivity (Wildman–Crippen MR) is 118 cm³/mol. The molecule has 2 fully saturated rings. The average molecular weight is 401 g/mol. The van der Waals surface area contributed by atoms with Crippen LogP contribution in [0.3, 0.4) is 0 Å². The smallest absolute Gasteiger partial charge is 0.272 e. The minimum absolute atomic E-state index is 0.0866. The molecule has 5 heteroatoms. The van der Waals surface area contributed by atoms with Gasteiger partial charge in [-0.15, -0.1) is 0 Å². The molecule has 1 atom stereocenters. The molecular formula is C25H28N4O. The first-order valence-corrected chi connectivity index (χ1v) is 10.9. The molecule has 0 spiro atoms. The lowest BCUT2D eigenvalue weighted by atomic mass is 10.0. The Morgan fingerprint density at radius 3 is 2.40 bits per heavy atom. The van der Waals surface area contributed by atoms with Crippen LogP contribution in [-0.2, 0) is 13.5 Å². The van der Waals surface area contributed by atoms with E-state index >= 15 is 0 Å². The molecule has 1 amide bonds. The van der Waals surface area contributed by atoms with Gasteiger partial charge in [-0.1, -0.05) is 60.7 Å². The molecule has 2 aromatic carbocycles. The summed E-state index contributed by atoms with van der Waals surface area (Å²) >= 11 is 0. The molecule has 1 aromatic heterocycles. The van der Waals surface area contributed by atoms with Gasteiger partial charge in [-0.25, -0.2) is 0 Å². The van der Waals surface area contributed by atoms with E-state index in [0.29, 0.717) is 5.69 Å². The molecule has 5 nitrogen and oxygen atoms in total. The van der Waals surface area contributed by atoms with Crippen LogP contribution in [0, 0.1) is 0 Å². The number of rotatable bonds is 5. The molecule has 0 bridgehead atoms. The van der Waals surface area contributed by atoms with Crippen molar-refractivity contribution in [2.24, 2.45) is 7.05 Å². The Bertz CT molecular complexity index is 1010. The number of aromatic nitrogens is 2. The molecule has 30 heavy (non-hydrogen) atoms. The molecule has 0 N–H and O–H groups in total. The summed E-state index contributed by atoms with van der Waals surface area (Å²) < 4.78 is 1.73. The van der Waals surface area contributed by atoms with E-state index in [1.165, 1.54) is 18.4 Å². The minimum Gasteiger partial charge on any atom is -0.331 e. The summed E-state index contributed by atoms with van der Waals surface area (Å²) in [6, 6.07) is 23.4. The third kappa shape index (κ3) is 3.90. The zero-order valence-electron chi connectivity index (χ0n) is 17.4. The molecule has 0 radical (unpaired) electrons. The number of nitrogens with zero attached hydrogens (tertiary/aromatic N) is 4. The van der Waals surface area contributed by atoms with Gasteiger partial charge in [0.05, 0.1) is 5.69 Å². The van der Waals surface area contributed by atoms with E-state index in [0.717, 1.165) is 43.4 Å². The van der Waals surface area contributed by atoms with Crippen molar-refractivity contribution in [2.45, 2.75) is 31.3 Å². The van der Waals surface area contributed by atoms with E-state index in [1.54, 1.807) is 4.68 Å². The highest BCUT2D eigenvalue weighted by Crippen LogP contribution is 2.30. The van der Waals surface area contributed by atoms with Crippen LogP contribution in [0.5, 0.6) is 0 Å². The Labute approximate surface area is 177 Å². The number of amides is 1. The van der Waals surface area contributed by atoms with E-state index in [-0.39, 0.29) is 11.9 Å². The summed E-state index contributed by atoms with van der Waals surface area (Å²) in [5.74, 6) is 0.0866. The Morgan fingerprint density at radius 2 is 1.70 bits per heavy atom. The zero-order chi connectivity index (χ0) is 20.5. The fourth-order valence-electron chi connectivity index (χ4n) is 4.54. The molecule has 3 aromatic rings. The van der Waals surface area contributed by atoms with Gasteiger partial charge < -0.3 is 4.90 Å². The lowest BCUT2D eigenvalue weighted by molar-refractivity contribution is 0.0427. The van der Waals surface area contributed by atoms with Crippen molar-refractivity contribution in [1.82, 2.24) is 19.6 Å². The normalized spacial score (nSPS) is 19.8. The maximum atomic E-state index is 13.6. The van der Waals surface area contributed by atoms with E-state index in [4.69, 9.17) is 0 Å². The molecule has 1 unspecified atom stereocenters. The van der Waals surface area contributed by atoms with Gasteiger partial charge in [-0.3, -0.25) is 14.4 Å². The van der Waals surface area contributed by atoms with Crippen LogP contribution >= 0.6 is 0 Å². The summed E-state index contributed by atoms with van der Waals surface area (Å²) in [5, 5.41) is 4.62. The van der Waals surface area contributed by atoms with Gasteiger partial charge >= 0.3 is 0 Å². The number of hydrogen-bond donors (Lipinski definition) is 0. The quantitative estimate of drug-likeness (QED) is 0.657. The Hall–Kier alpha value is -2.92. The first kappa shape index (κ1) is 19.1. The number of benzene rings is 2. The Balaban J connectivity index is 1.40. The number of piperazine rings is 1. The molecule has 2 heterocycles. The van der Waals surface area contributed by atoms with Gasteiger partial charge in [0.25, 0.3) is 5.91 Å². The Kier molecular flexibility index (Phi) is 5.13. The number of aryl methyl sites for hydroxylation is 1. The average Bonchev–Trinajstić information content (AvgIpc) is 3.56. The highest BCUT2D eigenvalue weighted by molar-refractivity contribution is 5.94. The van der Waals surface area contributed by atoms with Crippen molar-refractivity contribution in [3.8, 4) is 11.3 Å². The maximum absolute atomic E-state index is 13.6. The SMILES string of the molecule is Cn1nc(-c2ccccc2)cc1C(=O)N1CCN(C2CC2)CC1Cc1ccccc1. The summed E-state index contributed by atoms with van der Waals surface area (Å²) in [6.07, 6.45) is 3.49. The second-order valence-electron chi connectivity index (χ2n) is 8.47. The maximum Gasteiger partial charge on any atom is 0.272 e. The second-order valence-corrected chi connectivity index (χ2v) is 8.47. The number of carbonyl (C=O) groups is 1. The summed E-state index contributed by atoms with van der Waals surface area (Å²) in [6.45, 7) is 2.69. The van der Waals surface area contributed by atoms with Gasteiger partial charge in [-0.05, 0) is 30.9 Å². The Morgan fingerprint density at radius 1 is 1.00 bits per heavy atom. The van der Waals surface area contributed by atoms with E-state index < -0.39 is 0 Å². The molecular weight excluding hydrogens is 372 g/mol. The van der Waals surface area contributed by atoms with Gasteiger partial charge in [0, 0.05) is 44.3 Å². The highest BCUT2D eigenvalue weighted by Gasteiger charge is 2.38. The summed E-state index contributed by atoms with van der Waals surface area (Å²) in [5.41, 5.74) is 3.82. The fraction of sp³-hybridized carbons (Fsp3) is 0.360. The van der Waals surface area contributed by atoms with Crippen molar-refractivity contribution in [3.63, 3.8) is 0 Å². The van der Waals surface area contributed by atoms with Crippen LogP contribution in [-0.4, -0.2) is 57.2 Å². The molecule has 1 saturated carbocycles. The lowest BCUT2D eigenvalue weighted by Crippen LogP contribution is -2.56. The van der Waals surface area contributed by atoms with E-state index in [9.17, 15) is 4.79 Å². The third-order valence-corrected chi connectivity index (χ3v) is 6.32. The predicted octanol–water partition coefficient (Wildman–Crippen LogP) is 3.62. The standard InChI is InChI=1S/C25H28N4O/c1-27-24(17-23(26-27)20-10-6-3-7-11-20)25(30)29-15-14-28(21-12-13-21)18-22(29)16-19-8-4-2-5-9-19/h2-11,17,21-22H,12-16,18H2,1H3. The van der Waals surface area contributed by atoms with Crippen molar-refractivity contribution in [3.05, 3.63) is 78.0 Å². The highest BCUT2D eigenvalue weighted by atomic mass is 16.2. The van der Waals surface area contributed by atoms with Gasteiger partial charge in [0.15, 0.2) is 0 Å². The molecule has 1 aliphatic heterocycles. The van der Waals surface area contributed by atoms with Crippen molar-refractivity contribution in [2.75, 3.05) is 19.6 Å². The first-order chi connectivity index (χ1) is 14.7. The van der Waals surface area contributed by atoms with Crippen molar-refractivity contribution >= 4 is 5.91 Å². The summed E-state index contributed by atoms with van der Waals surface area (Å²) in [7, 11) is 1.87. The van der Waals surface area contributed by atoms with Gasteiger partial charge in [0.2, 0.25) is 0 Å². The number of carbonyl (C=O) groups excluding carboxylic acids is 1. The van der Waals surface area contributed by atoms with E-state index in [1.807, 2.05) is 49.5 Å². The largest absolute Gasteiger partial charge is 0.331 e. The fourth-order valence-corrected chi connectivity index (χ4v) is 4.54. The van der Waals surface area contributed by atoms with Gasteiger partial charge in [-0.2, -0.15) is 5.10 Å². The van der Waals surface area contributed by atoms with Crippen LogP contribution in [0.1, 0.15) is 28.9 Å². The van der Waals surface area contributed by atoms with Gasteiger partial charge in [0.1, 0.15) is 5.69 Å². The summed E-state index contributed by atoms with van der Waals surface area (Å²) in [4.78, 5) is 18.3. The van der Waals surface area contributed by atoms with Crippen LogP contribution < -0.4 is 0 Å². The van der Waals surface area contributed by atoms with Crippen LogP contribution in [0.2, 0.25) is 0 Å². The number of hydrogen-bond acceptors (Lipinski definition) is 3. The molecule has 5 rings (SSSR count). The van der Waals surface area contributed by atoms with Crippen LogP contribution in [0.15, 0.2) is 66.7 Å². The second kappa shape index (κ2) is 8.07. The topological polar surface area (TPSA) is 41.4 Å². The van der Waals surface area contributed by atoms with Crippen LogP contribution in [0.4, 0.5) is 0 Å². The monoisotopic (exact) mass is 400 g/mol. The third-order valence-electron chi connectivity index (χ3n) is 6.32. The van der Waals surface area contributed by atoms with Crippen LogP contribution in [0.25, 0.3) is 11.3 Å². The minimum atomic E-state index is 0.0866. The van der Waals surface area contributed by atoms with Crippen molar-refractivity contribution < 1.29 is 4.79 Å². The molecule has 154 valence electrons. The first-order valence-electron chi connectivity index (χ1n) is 10.9. The molecule has 2 aliphatic rings. The molecule has 1 saturated heterocycles. The van der Waals surface area contributed by atoms with E-state index in [2.05, 4.69) is 39.2 Å². The van der Waals surface area contributed by atoms with Crippen molar-refractivity contribution in [1.29, 1.82) is 0 Å². The zero-order valence-corrected chi connectivity index (χ0v) is 17.4.